The molecule has 0 aliphatic rings. The summed E-state index contributed by atoms with van der Waals surface area (Å²) >= 11 is 0. The Kier molecular flexibility index (Phi) is 3.35. The average molecular weight is 286 g/mol. The number of rotatable bonds is 3. The van der Waals surface area contributed by atoms with E-state index in [0.717, 1.165) is 12.1 Å². The summed E-state index contributed by atoms with van der Waals surface area (Å²) in [6.45, 7) is 0. The Morgan fingerprint density at radius 1 is 1.40 bits per heavy atom. The summed E-state index contributed by atoms with van der Waals surface area (Å²) < 4.78 is 39.1. The number of aryl methyl sites for hydroxylation is 1. The molecule has 0 fully saturated rings. The van der Waals surface area contributed by atoms with Gasteiger partial charge in [-0.15, -0.1) is 0 Å². The number of benzene rings is 1. The van der Waals surface area contributed by atoms with Gasteiger partial charge in [0.15, 0.2) is 0 Å². The van der Waals surface area contributed by atoms with Crippen molar-refractivity contribution in [3.8, 4) is 0 Å². The van der Waals surface area contributed by atoms with Crippen LogP contribution in [0.25, 0.3) is 0 Å². The molecule has 0 aliphatic carbocycles. The first-order chi connectivity index (χ1) is 9.27. The Morgan fingerprint density at radius 2 is 2.10 bits per heavy atom. The molecule has 0 spiro atoms. The lowest BCUT2D eigenvalue weighted by atomic mass is 10.1. The van der Waals surface area contributed by atoms with Crippen LogP contribution in [0.2, 0.25) is 0 Å². The summed E-state index contributed by atoms with van der Waals surface area (Å²) in [6.07, 6.45) is -1.68. The van der Waals surface area contributed by atoms with E-state index in [4.69, 9.17) is 0 Å². The quantitative estimate of drug-likeness (QED) is 0.695. The molecule has 9 heteroatoms. The monoisotopic (exact) mass is 286 g/mol. The van der Waals surface area contributed by atoms with E-state index < -0.39 is 22.4 Å². The average Bonchev–Trinajstić information content (AvgIpc) is 2.73. The van der Waals surface area contributed by atoms with Gasteiger partial charge in [0.2, 0.25) is 0 Å². The Labute approximate surface area is 111 Å². The maximum Gasteiger partial charge on any atom is 0.416 e. The van der Waals surface area contributed by atoms with E-state index in [2.05, 4.69) is 10.4 Å². The van der Waals surface area contributed by atoms with E-state index in [1.807, 2.05) is 0 Å². The molecule has 0 atom stereocenters. The van der Waals surface area contributed by atoms with E-state index >= 15 is 0 Å². The Morgan fingerprint density at radius 3 is 2.60 bits per heavy atom. The van der Waals surface area contributed by atoms with Gasteiger partial charge in [-0.3, -0.25) is 14.8 Å². The minimum absolute atomic E-state index is 0.0315. The minimum Gasteiger partial charge on any atom is -0.347 e. The third-order valence-electron chi connectivity index (χ3n) is 2.51. The van der Waals surface area contributed by atoms with Crippen molar-refractivity contribution in [1.29, 1.82) is 0 Å². The molecule has 1 aromatic carbocycles. The van der Waals surface area contributed by atoms with Crippen LogP contribution in [0.4, 0.5) is 30.2 Å². The highest BCUT2D eigenvalue weighted by atomic mass is 19.4. The number of nitrogens with zero attached hydrogens (tertiary/aromatic N) is 3. The van der Waals surface area contributed by atoms with E-state index in [1.165, 1.54) is 10.9 Å². The molecular formula is C11H9F3N4O2. The van der Waals surface area contributed by atoms with Gasteiger partial charge in [0.05, 0.1) is 22.4 Å². The lowest BCUT2D eigenvalue weighted by Gasteiger charge is -2.09. The Bertz CT molecular complexity index is 651. The standard InChI is InChI=1S/C11H9F3N4O2/c1-17-6-8(5-15-17)16-9-3-2-7(11(12,13)14)4-10(9)18(19)20/h2-6,16H,1H3. The second kappa shape index (κ2) is 4.83. The number of halogens is 3. The molecule has 0 unspecified atom stereocenters. The third kappa shape index (κ3) is 2.87. The van der Waals surface area contributed by atoms with Crippen LogP contribution in [0.15, 0.2) is 30.6 Å². The predicted molar refractivity (Wildman–Crippen MR) is 64.6 cm³/mol. The van der Waals surface area contributed by atoms with Crippen LogP contribution in [0.5, 0.6) is 0 Å². The first-order valence-electron chi connectivity index (χ1n) is 5.38. The summed E-state index contributed by atoms with van der Waals surface area (Å²) in [6, 6.07) is 2.30. The fraction of sp³-hybridized carbons (Fsp3) is 0.182. The number of alkyl halides is 3. The first kappa shape index (κ1) is 13.8. The lowest BCUT2D eigenvalue weighted by Crippen LogP contribution is -2.06. The van der Waals surface area contributed by atoms with Crippen LogP contribution in [-0.2, 0) is 13.2 Å². The molecule has 2 aromatic rings. The minimum atomic E-state index is -4.63. The maximum atomic E-state index is 12.5. The van der Waals surface area contributed by atoms with Crippen LogP contribution in [0.3, 0.4) is 0 Å². The van der Waals surface area contributed by atoms with Crippen LogP contribution in [0, 0.1) is 10.1 Å². The number of hydrogen-bond donors (Lipinski definition) is 1. The van der Waals surface area contributed by atoms with Crippen LogP contribution >= 0.6 is 0 Å². The molecule has 20 heavy (non-hydrogen) atoms. The number of nitro benzene ring substituents is 1. The van der Waals surface area contributed by atoms with Gasteiger partial charge in [-0.2, -0.15) is 18.3 Å². The fourth-order valence-electron chi connectivity index (χ4n) is 1.61. The van der Waals surface area contributed by atoms with Crippen molar-refractivity contribution in [2.45, 2.75) is 6.18 Å². The summed E-state index contributed by atoms with van der Waals surface area (Å²) in [4.78, 5) is 10.0. The second-order valence-electron chi connectivity index (χ2n) is 4.01. The molecule has 106 valence electrons. The molecule has 0 radical (unpaired) electrons. The normalized spacial score (nSPS) is 11.4. The lowest BCUT2D eigenvalue weighted by molar-refractivity contribution is -0.384. The molecular weight excluding hydrogens is 277 g/mol. The number of aromatic nitrogens is 2. The molecule has 0 saturated carbocycles. The first-order valence-corrected chi connectivity index (χ1v) is 5.38. The topological polar surface area (TPSA) is 73.0 Å². The number of anilines is 2. The largest absolute Gasteiger partial charge is 0.416 e. The van der Waals surface area contributed by atoms with Crippen molar-refractivity contribution in [2.24, 2.45) is 7.05 Å². The van der Waals surface area contributed by atoms with Gasteiger partial charge in [0.25, 0.3) is 5.69 Å². The SMILES string of the molecule is Cn1cc(Nc2ccc(C(F)(F)F)cc2[N+](=O)[O-])cn1. The summed E-state index contributed by atoms with van der Waals surface area (Å²) in [5, 5.41) is 17.4. The summed E-state index contributed by atoms with van der Waals surface area (Å²) in [7, 11) is 1.65. The van der Waals surface area contributed by atoms with E-state index in [1.54, 1.807) is 13.2 Å². The number of nitro groups is 1. The molecule has 1 heterocycles. The zero-order valence-electron chi connectivity index (χ0n) is 10.2. The van der Waals surface area contributed by atoms with Crippen molar-refractivity contribution >= 4 is 17.1 Å². The highest BCUT2D eigenvalue weighted by Gasteiger charge is 2.33. The Balaban J connectivity index is 2.40. The summed E-state index contributed by atoms with van der Waals surface area (Å²) in [5.74, 6) is 0. The Hall–Kier alpha value is -2.58. The van der Waals surface area contributed by atoms with Gasteiger partial charge >= 0.3 is 6.18 Å². The zero-order chi connectivity index (χ0) is 14.9. The maximum absolute atomic E-state index is 12.5. The molecule has 0 amide bonds. The van der Waals surface area contributed by atoms with Crippen LogP contribution < -0.4 is 5.32 Å². The molecule has 0 saturated heterocycles. The van der Waals surface area contributed by atoms with E-state index in [0.29, 0.717) is 11.8 Å². The van der Waals surface area contributed by atoms with Gasteiger partial charge in [-0.05, 0) is 12.1 Å². The third-order valence-corrected chi connectivity index (χ3v) is 2.51. The highest BCUT2D eigenvalue weighted by molar-refractivity contribution is 5.69. The molecule has 1 N–H and O–H groups in total. The van der Waals surface area contributed by atoms with Gasteiger partial charge < -0.3 is 5.32 Å². The second-order valence-corrected chi connectivity index (χ2v) is 4.01. The molecule has 1 aromatic heterocycles. The molecule has 2 rings (SSSR count). The van der Waals surface area contributed by atoms with E-state index in [9.17, 15) is 23.3 Å². The van der Waals surface area contributed by atoms with Crippen molar-refractivity contribution in [3.05, 3.63) is 46.3 Å². The van der Waals surface area contributed by atoms with Crippen molar-refractivity contribution in [2.75, 3.05) is 5.32 Å². The summed E-state index contributed by atoms with van der Waals surface area (Å²) in [5.41, 5.74) is -1.31. The van der Waals surface area contributed by atoms with Crippen LogP contribution in [0.1, 0.15) is 5.56 Å². The predicted octanol–water partition coefficient (Wildman–Crippen LogP) is 3.09. The number of hydrogen-bond acceptors (Lipinski definition) is 4. The molecule has 6 nitrogen and oxygen atoms in total. The van der Waals surface area contributed by atoms with Crippen molar-refractivity contribution in [1.82, 2.24) is 9.78 Å². The smallest absolute Gasteiger partial charge is 0.347 e. The van der Waals surface area contributed by atoms with Crippen molar-refractivity contribution < 1.29 is 18.1 Å². The highest BCUT2D eigenvalue weighted by Crippen LogP contribution is 2.35. The molecule has 0 aliphatic heterocycles. The zero-order valence-corrected chi connectivity index (χ0v) is 10.2. The van der Waals surface area contributed by atoms with Gasteiger partial charge in [0.1, 0.15) is 5.69 Å². The van der Waals surface area contributed by atoms with E-state index in [-0.39, 0.29) is 5.69 Å². The number of nitrogens with one attached hydrogen (secondary N) is 1. The van der Waals surface area contributed by atoms with Crippen molar-refractivity contribution in [3.63, 3.8) is 0 Å². The van der Waals surface area contributed by atoms with Crippen LogP contribution in [-0.4, -0.2) is 14.7 Å². The van der Waals surface area contributed by atoms with Gasteiger partial charge in [-0.25, -0.2) is 0 Å². The van der Waals surface area contributed by atoms with Gasteiger partial charge in [-0.1, -0.05) is 0 Å². The fourth-order valence-corrected chi connectivity index (χ4v) is 1.61. The van der Waals surface area contributed by atoms with Gasteiger partial charge in [0, 0.05) is 19.3 Å². The molecule has 0 bridgehead atoms.